The van der Waals surface area contributed by atoms with Crippen molar-refractivity contribution in [3.05, 3.63) is 68.1 Å². The Morgan fingerprint density at radius 2 is 1.91 bits per heavy atom. The maximum absolute atomic E-state index is 13.1. The van der Waals surface area contributed by atoms with Crippen molar-refractivity contribution in [1.29, 1.82) is 0 Å². The van der Waals surface area contributed by atoms with Gasteiger partial charge in [-0.2, -0.15) is 5.10 Å². The highest BCUT2D eigenvalue weighted by molar-refractivity contribution is 7.17. The number of nitrogens with one attached hydrogen (secondary N) is 1. The van der Waals surface area contributed by atoms with Crippen LogP contribution in [0.5, 0.6) is 0 Å². The minimum absolute atomic E-state index is 0.0939. The van der Waals surface area contributed by atoms with Gasteiger partial charge in [0, 0.05) is 32.2 Å². The van der Waals surface area contributed by atoms with E-state index in [9.17, 15) is 9.59 Å². The Hall–Kier alpha value is -2.84. The van der Waals surface area contributed by atoms with Crippen molar-refractivity contribution < 1.29 is 4.79 Å². The summed E-state index contributed by atoms with van der Waals surface area (Å²) in [5.74, 6) is -0.120. The van der Waals surface area contributed by atoms with E-state index < -0.39 is 0 Å². The lowest BCUT2D eigenvalue weighted by Gasteiger charge is -2.24. The van der Waals surface area contributed by atoms with Crippen LogP contribution in [0.25, 0.3) is 10.6 Å². The highest BCUT2D eigenvalue weighted by atomic mass is 32.1. The minimum atomic E-state index is -0.199. The van der Waals surface area contributed by atoms with Crippen molar-refractivity contribution in [1.82, 2.24) is 25.0 Å². The number of hydrogen-bond donors (Lipinski definition) is 1. The summed E-state index contributed by atoms with van der Waals surface area (Å²) >= 11 is 1.28. The molecule has 0 bridgehead atoms. The zero-order valence-electron chi connectivity index (χ0n) is 19.2. The zero-order chi connectivity index (χ0) is 23.0. The molecule has 0 radical (unpaired) electrons. The molecule has 1 aromatic carbocycles. The summed E-state index contributed by atoms with van der Waals surface area (Å²) in [7, 11) is 1.63. The fraction of sp³-hybridized carbons (Fsp3) is 0.417. The highest BCUT2D eigenvalue weighted by Gasteiger charge is 2.29. The van der Waals surface area contributed by atoms with Gasteiger partial charge in [0.2, 0.25) is 0 Å². The number of nitrogens with zero attached hydrogens (tertiary/aromatic N) is 4. The molecule has 1 aliphatic rings. The van der Waals surface area contributed by atoms with Crippen LogP contribution in [0.15, 0.2) is 35.1 Å². The first kappa shape index (κ1) is 22.4. The molecule has 0 spiro atoms. The second-order valence-corrected chi connectivity index (χ2v) is 9.49. The maximum Gasteiger partial charge on any atom is 0.277 e. The van der Waals surface area contributed by atoms with E-state index in [2.05, 4.69) is 51.5 Å². The number of benzene rings is 1. The molecule has 0 saturated carbocycles. The molecule has 0 aliphatic carbocycles. The van der Waals surface area contributed by atoms with Crippen molar-refractivity contribution in [2.45, 2.75) is 46.2 Å². The fourth-order valence-corrected chi connectivity index (χ4v) is 5.33. The number of aryl methyl sites for hydroxylation is 3. The summed E-state index contributed by atoms with van der Waals surface area (Å²) < 4.78 is 1.33. The third-order valence-electron chi connectivity index (χ3n) is 6.33. The number of carbonyl (C=O) groups excluding carboxylic acids is 1. The molecule has 8 heteroatoms. The number of rotatable bonds is 5. The Balaban J connectivity index is 1.49. The van der Waals surface area contributed by atoms with E-state index >= 15 is 0 Å². The molecule has 2 unspecified atom stereocenters. The van der Waals surface area contributed by atoms with E-state index in [1.807, 2.05) is 26.8 Å². The third kappa shape index (κ3) is 4.25. The second kappa shape index (κ2) is 8.96. The monoisotopic (exact) mass is 451 g/mol. The molecule has 1 saturated heterocycles. The van der Waals surface area contributed by atoms with E-state index in [0.717, 1.165) is 30.8 Å². The van der Waals surface area contributed by atoms with Crippen LogP contribution in [0.2, 0.25) is 0 Å². The third-order valence-corrected chi connectivity index (χ3v) is 7.50. The van der Waals surface area contributed by atoms with E-state index in [0.29, 0.717) is 27.2 Å². The lowest BCUT2D eigenvalue weighted by atomic mass is 10.1. The van der Waals surface area contributed by atoms with Gasteiger partial charge in [-0.25, -0.2) is 9.67 Å². The zero-order valence-corrected chi connectivity index (χ0v) is 20.0. The summed E-state index contributed by atoms with van der Waals surface area (Å²) in [6.07, 6.45) is 0.914. The number of thiazole rings is 1. The van der Waals surface area contributed by atoms with Crippen molar-refractivity contribution >= 4 is 17.2 Å². The second-order valence-electron chi connectivity index (χ2n) is 8.49. The van der Waals surface area contributed by atoms with Gasteiger partial charge in [-0.3, -0.25) is 14.5 Å². The van der Waals surface area contributed by atoms with Gasteiger partial charge < -0.3 is 5.32 Å². The molecular weight excluding hydrogens is 422 g/mol. The van der Waals surface area contributed by atoms with Crippen molar-refractivity contribution in [3.8, 4) is 10.6 Å². The van der Waals surface area contributed by atoms with Gasteiger partial charge >= 0.3 is 0 Å². The standard InChI is InChI=1S/C24H29N5O2S/c1-14-15(2)27-28(5)24(31)20(14)23-25-16(3)21(32-23)22(30)26-19-11-12-29(13-19)17(4)18-9-7-6-8-10-18/h6-10,17,19H,11-13H2,1-5H3,(H,26,30). The molecule has 1 N–H and O–H groups in total. The Bertz CT molecular complexity index is 1200. The van der Waals surface area contributed by atoms with Crippen LogP contribution in [0.3, 0.4) is 0 Å². The van der Waals surface area contributed by atoms with Gasteiger partial charge in [-0.05, 0) is 45.2 Å². The van der Waals surface area contributed by atoms with E-state index in [1.54, 1.807) is 7.05 Å². The topological polar surface area (TPSA) is 80.1 Å². The Morgan fingerprint density at radius 3 is 2.62 bits per heavy atom. The first-order valence-electron chi connectivity index (χ1n) is 10.9. The SMILES string of the molecule is Cc1nc(-c2c(C)c(C)nn(C)c2=O)sc1C(=O)NC1CCN(C(C)c2ccccc2)C1. The molecule has 4 rings (SSSR count). The Kier molecular flexibility index (Phi) is 6.26. The maximum atomic E-state index is 13.1. The van der Waals surface area contributed by atoms with Gasteiger partial charge in [0.25, 0.3) is 11.5 Å². The summed E-state index contributed by atoms with van der Waals surface area (Å²) in [5, 5.41) is 7.99. The Morgan fingerprint density at radius 1 is 1.19 bits per heavy atom. The Labute approximate surface area is 192 Å². The van der Waals surface area contributed by atoms with Gasteiger partial charge in [0.15, 0.2) is 0 Å². The normalized spacial score (nSPS) is 17.5. The molecule has 3 heterocycles. The molecule has 3 aromatic rings. The van der Waals surface area contributed by atoms with Crippen LogP contribution in [0.1, 0.15) is 51.6 Å². The van der Waals surface area contributed by atoms with Crippen LogP contribution >= 0.6 is 11.3 Å². The van der Waals surface area contributed by atoms with Crippen LogP contribution in [0, 0.1) is 20.8 Å². The van der Waals surface area contributed by atoms with Crippen LogP contribution in [-0.2, 0) is 7.05 Å². The lowest BCUT2D eigenvalue weighted by Crippen LogP contribution is -2.37. The molecule has 1 amide bonds. The quantitative estimate of drug-likeness (QED) is 0.643. The minimum Gasteiger partial charge on any atom is -0.347 e. The first-order chi connectivity index (χ1) is 15.3. The van der Waals surface area contributed by atoms with Gasteiger partial charge in [0.1, 0.15) is 9.88 Å². The molecule has 7 nitrogen and oxygen atoms in total. The molecule has 168 valence electrons. The molecule has 32 heavy (non-hydrogen) atoms. The predicted molar refractivity (Wildman–Crippen MR) is 127 cm³/mol. The predicted octanol–water partition coefficient (Wildman–Crippen LogP) is 3.39. The van der Waals surface area contributed by atoms with E-state index in [4.69, 9.17) is 0 Å². The molecule has 2 atom stereocenters. The largest absolute Gasteiger partial charge is 0.347 e. The summed E-state index contributed by atoms with van der Waals surface area (Å²) in [4.78, 5) is 33.3. The van der Waals surface area contributed by atoms with E-state index in [-0.39, 0.29) is 17.5 Å². The van der Waals surface area contributed by atoms with Crippen molar-refractivity contribution in [2.24, 2.45) is 7.05 Å². The highest BCUT2D eigenvalue weighted by Crippen LogP contribution is 2.29. The molecule has 1 aliphatic heterocycles. The number of likely N-dealkylation sites (tertiary alicyclic amines) is 1. The van der Waals surface area contributed by atoms with Crippen LogP contribution in [-0.4, -0.2) is 44.7 Å². The van der Waals surface area contributed by atoms with Crippen molar-refractivity contribution in [2.75, 3.05) is 13.1 Å². The number of hydrogen-bond acceptors (Lipinski definition) is 6. The van der Waals surface area contributed by atoms with Crippen molar-refractivity contribution in [3.63, 3.8) is 0 Å². The van der Waals surface area contributed by atoms with Crippen LogP contribution < -0.4 is 10.9 Å². The number of aromatic nitrogens is 3. The average Bonchev–Trinajstić information content (AvgIpc) is 3.39. The fourth-order valence-electron chi connectivity index (χ4n) is 4.26. The summed E-state index contributed by atoms with van der Waals surface area (Å²) in [6.45, 7) is 9.53. The summed E-state index contributed by atoms with van der Waals surface area (Å²) in [6, 6.07) is 10.8. The molecule has 1 fully saturated rings. The number of carbonyl (C=O) groups is 1. The van der Waals surface area contributed by atoms with Crippen LogP contribution in [0.4, 0.5) is 0 Å². The van der Waals surface area contributed by atoms with Gasteiger partial charge in [-0.15, -0.1) is 11.3 Å². The average molecular weight is 452 g/mol. The van der Waals surface area contributed by atoms with Gasteiger partial charge in [0.05, 0.1) is 17.0 Å². The first-order valence-corrected chi connectivity index (χ1v) is 11.7. The smallest absolute Gasteiger partial charge is 0.277 e. The van der Waals surface area contributed by atoms with E-state index in [1.165, 1.54) is 21.6 Å². The van der Waals surface area contributed by atoms with Gasteiger partial charge in [-0.1, -0.05) is 30.3 Å². The number of amides is 1. The summed E-state index contributed by atoms with van der Waals surface area (Å²) in [5.41, 5.74) is 3.83. The molecular formula is C24H29N5O2S. The lowest BCUT2D eigenvalue weighted by molar-refractivity contribution is 0.0940. The molecule has 2 aromatic heterocycles.